The molecule has 2 bridgehead atoms. The number of pyridine rings is 1. The Kier molecular flexibility index (Phi) is 3.62. The van der Waals surface area contributed by atoms with Crippen LogP contribution in [0.5, 0.6) is 0 Å². The number of benzene rings is 1. The van der Waals surface area contributed by atoms with Crippen LogP contribution in [0.2, 0.25) is 0 Å². The van der Waals surface area contributed by atoms with E-state index in [0.717, 1.165) is 11.3 Å². The van der Waals surface area contributed by atoms with Crippen molar-refractivity contribution in [3.05, 3.63) is 72.6 Å². The first-order valence-corrected chi connectivity index (χ1v) is 9.08. The van der Waals surface area contributed by atoms with Crippen LogP contribution in [-0.4, -0.2) is 35.0 Å². The quantitative estimate of drug-likeness (QED) is 0.841. The Hall–Kier alpha value is -2.99. The Morgan fingerprint density at radius 3 is 2.78 bits per heavy atom. The minimum atomic E-state index is -0.698. The molecular weight excluding hydrogens is 342 g/mol. The van der Waals surface area contributed by atoms with Gasteiger partial charge < -0.3 is 15.0 Å². The van der Waals surface area contributed by atoms with E-state index in [4.69, 9.17) is 4.74 Å². The van der Waals surface area contributed by atoms with Crippen LogP contribution < -0.4 is 10.2 Å². The van der Waals surface area contributed by atoms with Crippen molar-refractivity contribution < 1.29 is 14.3 Å². The Balaban J connectivity index is 1.38. The highest BCUT2D eigenvalue weighted by atomic mass is 16.5. The molecule has 0 radical (unpaired) electrons. The molecule has 1 N–H and O–H groups in total. The van der Waals surface area contributed by atoms with Gasteiger partial charge in [-0.1, -0.05) is 30.4 Å². The summed E-state index contributed by atoms with van der Waals surface area (Å²) in [5.74, 6) is -1.17. The first-order chi connectivity index (χ1) is 13.2. The molecule has 2 aromatic rings. The summed E-state index contributed by atoms with van der Waals surface area (Å²) >= 11 is 0. The molecule has 0 aliphatic carbocycles. The summed E-state index contributed by atoms with van der Waals surface area (Å²) in [6, 6.07) is 13.3. The zero-order valence-electron chi connectivity index (χ0n) is 14.6. The Morgan fingerprint density at radius 1 is 1.22 bits per heavy atom. The summed E-state index contributed by atoms with van der Waals surface area (Å²) in [5, 5.41) is 2.96. The molecule has 136 valence electrons. The van der Waals surface area contributed by atoms with Gasteiger partial charge in [0, 0.05) is 24.6 Å². The van der Waals surface area contributed by atoms with Gasteiger partial charge in [0.2, 0.25) is 11.8 Å². The fraction of sp³-hybridized carbons (Fsp3) is 0.286. The number of nitrogens with zero attached hydrogens (tertiary/aromatic N) is 2. The molecule has 6 nitrogen and oxygen atoms in total. The van der Waals surface area contributed by atoms with Crippen molar-refractivity contribution >= 4 is 17.5 Å². The van der Waals surface area contributed by atoms with Crippen LogP contribution in [0.3, 0.4) is 0 Å². The van der Waals surface area contributed by atoms with E-state index < -0.39 is 17.4 Å². The molecule has 27 heavy (non-hydrogen) atoms. The summed E-state index contributed by atoms with van der Waals surface area (Å²) in [5.41, 5.74) is 1.11. The van der Waals surface area contributed by atoms with Crippen molar-refractivity contribution in [1.29, 1.82) is 0 Å². The number of aromatic nitrogens is 1. The van der Waals surface area contributed by atoms with Crippen LogP contribution in [0.1, 0.15) is 5.56 Å². The van der Waals surface area contributed by atoms with Gasteiger partial charge in [-0.2, -0.15) is 0 Å². The highest BCUT2D eigenvalue weighted by molar-refractivity contribution is 6.03. The molecule has 2 amide bonds. The summed E-state index contributed by atoms with van der Waals surface area (Å²) in [6.07, 6.45) is 6.94. The fourth-order valence-corrected chi connectivity index (χ4v) is 4.43. The number of carbonyl (C=O) groups excluding carboxylic acids is 2. The fourth-order valence-electron chi connectivity index (χ4n) is 4.43. The van der Waals surface area contributed by atoms with Crippen LogP contribution >= 0.6 is 0 Å². The third kappa shape index (κ3) is 2.48. The normalized spacial score (nSPS) is 30.6. The van der Waals surface area contributed by atoms with E-state index in [1.165, 1.54) is 0 Å². The predicted molar refractivity (Wildman–Crippen MR) is 98.6 cm³/mol. The number of hydrogen-bond donors (Lipinski definition) is 1. The SMILES string of the molecule is O=C(NCc1ccncc1)[C@H]1[C@H]2C(=O)N(c3ccccc3)C[C@@]23C=C[C@H]1O3. The van der Waals surface area contributed by atoms with E-state index in [9.17, 15) is 9.59 Å². The number of amides is 2. The summed E-state index contributed by atoms with van der Waals surface area (Å²) in [4.78, 5) is 31.8. The zero-order valence-corrected chi connectivity index (χ0v) is 14.6. The van der Waals surface area contributed by atoms with Crippen LogP contribution in [-0.2, 0) is 20.9 Å². The van der Waals surface area contributed by atoms with E-state index in [1.807, 2.05) is 54.6 Å². The van der Waals surface area contributed by atoms with Gasteiger partial charge >= 0.3 is 0 Å². The molecule has 1 aromatic carbocycles. The molecule has 1 spiro atoms. The lowest BCUT2D eigenvalue weighted by atomic mass is 9.77. The van der Waals surface area contributed by atoms with Crippen molar-refractivity contribution in [3.8, 4) is 0 Å². The predicted octanol–water partition coefficient (Wildman–Crippen LogP) is 1.68. The third-order valence-electron chi connectivity index (χ3n) is 5.69. The number of ether oxygens (including phenoxy) is 1. The second-order valence-corrected chi connectivity index (χ2v) is 7.23. The van der Waals surface area contributed by atoms with E-state index in [2.05, 4.69) is 10.3 Å². The van der Waals surface area contributed by atoms with Gasteiger partial charge in [0.1, 0.15) is 5.60 Å². The van der Waals surface area contributed by atoms with Crippen molar-refractivity contribution in [2.45, 2.75) is 18.2 Å². The van der Waals surface area contributed by atoms with Crippen LogP contribution in [0, 0.1) is 11.8 Å². The number of rotatable bonds is 4. The molecular formula is C21H19N3O3. The van der Waals surface area contributed by atoms with E-state index in [1.54, 1.807) is 17.3 Å². The molecule has 2 fully saturated rings. The third-order valence-corrected chi connectivity index (χ3v) is 5.69. The van der Waals surface area contributed by atoms with Gasteiger partial charge in [0.15, 0.2) is 0 Å². The van der Waals surface area contributed by atoms with Gasteiger partial charge in [0.05, 0.1) is 24.5 Å². The maximum atomic E-state index is 13.2. The molecule has 0 saturated carbocycles. The van der Waals surface area contributed by atoms with E-state index >= 15 is 0 Å². The summed E-state index contributed by atoms with van der Waals surface area (Å²) in [7, 11) is 0. The standard InChI is InChI=1S/C21H19N3O3/c25-19(23-12-14-7-10-22-11-8-14)17-16-6-9-21(27-16)13-24(20(26)18(17)21)15-4-2-1-3-5-15/h1-11,16-18H,12-13H2,(H,23,25)/t16-,17-,18+,21+/m1/s1. The summed E-state index contributed by atoms with van der Waals surface area (Å²) in [6.45, 7) is 0.853. The maximum absolute atomic E-state index is 13.2. The Morgan fingerprint density at radius 2 is 2.00 bits per heavy atom. The van der Waals surface area contributed by atoms with Crippen LogP contribution in [0.15, 0.2) is 67.0 Å². The van der Waals surface area contributed by atoms with Crippen molar-refractivity contribution in [3.63, 3.8) is 0 Å². The van der Waals surface area contributed by atoms with Crippen LogP contribution in [0.4, 0.5) is 5.69 Å². The van der Waals surface area contributed by atoms with Gasteiger partial charge in [-0.05, 0) is 29.8 Å². The molecule has 4 atom stereocenters. The molecule has 5 rings (SSSR count). The Bertz CT molecular complexity index is 915. The molecule has 1 aromatic heterocycles. The second-order valence-electron chi connectivity index (χ2n) is 7.23. The van der Waals surface area contributed by atoms with Crippen molar-refractivity contribution in [2.75, 3.05) is 11.4 Å². The minimum Gasteiger partial charge on any atom is -0.360 e. The molecule has 4 heterocycles. The zero-order chi connectivity index (χ0) is 18.4. The molecule has 3 aliphatic rings. The lowest BCUT2D eigenvalue weighted by Gasteiger charge is -2.23. The lowest BCUT2D eigenvalue weighted by Crippen LogP contribution is -2.43. The van der Waals surface area contributed by atoms with Crippen LogP contribution in [0.25, 0.3) is 0 Å². The highest BCUT2D eigenvalue weighted by Crippen LogP contribution is 2.52. The molecule has 6 heteroatoms. The number of para-hydroxylation sites is 1. The number of nitrogens with one attached hydrogen (secondary N) is 1. The average Bonchev–Trinajstić information content (AvgIpc) is 3.36. The Labute approximate surface area is 156 Å². The number of fused-ring (bicyclic) bond motifs is 1. The highest BCUT2D eigenvalue weighted by Gasteiger charge is 2.66. The van der Waals surface area contributed by atoms with Crippen molar-refractivity contribution in [2.24, 2.45) is 11.8 Å². The molecule has 2 saturated heterocycles. The first kappa shape index (κ1) is 16.2. The van der Waals surface area contributed by atoms with E-state index in [-0.39, 0.29) is 17.9 Å². The largest absolute Gasteiger partial charge is 0.360 e. The first-order valence-electron chi connectivity index (χ1n) is 9.08. The number of hydrogen-bond acceptors (Lipinski definition) is 4. The van der Waals surface area contributed by atoms with E-state index in [0.29, 0.717) is 13.1 Å². The number of carbonyl (C=O) groups is 2. The van der Waals surface area contributed by atoms with Gasteiger partial charge in [-0.15, -0.1) is 0 Å². The topological polar surface area (TPSA) is 71.5 Å². The minimum absolute atomic E-state index is 0.0443. The number of anilines is 1. The molecule has 0 unspecified atom stereocenters. The second kappa shape index (κ2) is 6.03. The smallest absolute Gasteiger partial charge is 0.234 e. The van der Waals surface area contributed by atoms with Gasteiger partial charge in [0.25, 0.3) is 0 Å². The van der Waals surface area contributed by atoms with Gasteiger partial charge in [-0.25, -0.2) is 0 Å². The van der Waals surface area contributed by atoms with Crippen molar-refractivity contribution in [1.82, 2.24) is 10.3 Å². The average molecular weight is 361 g/mol. The molecule has 3 aliphatic heterocycles. The van der Waals surface area contributed by atoms with Gasteiger partial charge in [-0.3, -0.25) is 14.6 Å². The lowest BCUT2D eigenvalue weighted by molar-refractivity contribution is -0.132. The summed E-state index contributed by atoms with van der Waals surface area (Å²) < 4.78 is 6.15. The maximum Gasteiger partial charge on any atom is 0.234 e. The monoisotopic (exact) mass is 361 g/mol.